The Labute approximate surface area is 61.1 Å². The van der Waals surface area contributed by atoms with Crippen molar-refractivity contribution < 1.29 is 4.79 Å². The second-order valence-electron chi connectivity index (χ2n) is 3.23. The number of allylic oxidation sites excluding steroid dienone is 2. The fraction of sp³-hybridized carbons (Fsp3) is 0.667. The fourth-order valence-electron chi connectivity index (χ4n) is 2.02. The van der Waals surface area contributed by atoms with Crippen molar-refractivity contribution in [2.45, 2.75) is 32.1 Å². The molecule has 1 atom stereocenters. The Morgan fingerprint density at radius 1 is 1.40 bits per heavy atom. The summed E-state index contributed by atoms with van der Waals surface area (Å²) in [7, 11) is 0. The molecule has 2 aliphatic carbocycles. The Hall–Kier alpha value is -0.590. The van der Waals surface area contributed by atoms with Crippen LogP contribution in [0.3, 0.4) is 0 Å². The molecular formula is C9H12O. The third kappa shape index (κ3) is 0.808. The summed E-state index contributed by atoms with van der Waals surface area (Å²) in [6, 6.07) is 0. The van der Waals surface area contributed by atoms with E-state index in [1.165, 1.54) is 18.4 Å². The highest BCUT2D eigenvalue weighted by Gasteiger charge is 2.29. The van der Waals surface area contributed by atoms with E-state index in [4.69, 9.17) is 0 Å². The fourth-order valence-corrected chi connectivity index (χ4v) is 2.02. The summed E-state index contributed by atoms with van der Waals surface area (Å²) in [5.74, 6) is 0.847. The third-order valence-corrected chi connectivity index (χ3v) is 2.60. The Morgan fingerprint density at radius 2 is 2.30 bits per heavy atom. The van der Waals surface area contributed by atoms with Gasteiger partial charge < -0.3 is 0 Å². The summed E-state index contributed by atoms with van der Waals surface area (Å²) in [5, 5.41) is 0. The number of rotatable bonds is 0. The average molecular weight is 136 g/mol. The largest absolute Gasteiger partial charge is 0.299 e. The monoisotopic (exact) mass is 136 g/mol. The predicted molar refractivity (Wildman–Crippen MR) is 39.7 cm³/mol. The van der Waals surface area contributed by atoms with Crippen LogP contribution < -0.4 is 0 Å². The van der Waals surface area contributed by atoms with Crippen molar-refractivity contribution in [3.8, 4) is 0 Å². The van der Waals surface area contributed by atoms with Crippen molar-refractivity contribution in [1.29, 1.82) is 0 Å². The lowest BCUT2D eigenvalue weighted by molar-refractivity contribution is -0.120. The first kappa shape index (κ1) is 6.14. The molecule has 1 heteroatoms. The second kappa shape index (κ2) is 2.22. The van der Waals surface area contributed by atoms with Crippen LogP contribution in [0, 0.1) is 5.92 Å². The van der Waals surface area contributed by atoms with Crippen LogP contribution in [-0.2, 0) is 4.79 Å². The maximum atomic E-state index is 11.2. The zero-order valence-corrected chi connectivity index (χ0v) is 6.10. The Bertz CT molecular complexity index is 191. The number of fused-ring (bicyclic) bond motifs is 1. The standard InChI is InChI=1S/C9H12O/c10-9-6-5-7-3-1-2-4-8(7)9/h3,8H,1-2,4-6H2. The summed E-state index contributed by atoms with van der Waals surface area (Å²) < 4.78 is 0. The minimum atomic E-state index is 0.355. The number of hydrogen-bond donors (Lipinski definition) is 0. The van der Waals surface area contributed by atoms with Gasteiger partial charge in [0.1, 0.15) is 5.78 Å². The summed E-state index contributed by atoms with van der Waals surface area (Å²) in [5.41, 5.74) is 1.44. The number of hydrogen-bond acceptors (Lipinski definition) is 1. The van der Waals surface area contributed by atoms with Crippen molar-refractivity contribution in [2.24, 2.45) is 5.92 Å². The molecular weight excluding hydrogens is 124 g/mol. The highest BCUT2D eigenvalue weighted by Crippen LogP contribution is 2.35. The van der Waals surface area contributed by atoms with Crippen LogP contribution in [0.15, 0.2) is 11.6 Å². The lowest BCUT2D eigenvalue weighted by Gasteiger charge is -2.14. The van der Waals surface area contributed by atoms with E-state index in [1.807, 2.05) is 0 Å². The summed E-state index contributed by atoms with van der Waals surface area (Å²) in [4.78, 5) is 11.2. The molecule has 0 aromatic rings. The van der Waals surface area contributed by atoms with E-state index >= 15 is 0 Å². The van der Waals surface area contributed by atoms with Gasteiger partial charge in [-0.1, -0.05) is 11.6 Å². The number of carbonyl (C=O) groups is 1. The molecule has 1 nitrogen and oxygen atoms in total. The molecule has 0 aromatic carbocycles. The van der Waals surface area contributed by atoms with Gasteiger partial charge in [0.2, 0.25) is 0 Å². The number of carbonyl (C=O) groups excluding carboxylic acids is 1. The number of ketones is 1. The van der Waals surface area contributed by atoms with E-state index in [2.05, 4.69) is 6.08 Å². The Balaban J connectivity index is 2.25. The van der Waals surface area contributed by atoms with Crippen LogP contribution in [0.4, 0.5) is 0 Å². The molecule has 0 N–H and O–H groups in total. The molecule has 0 bridgehead atoms. The lowest BCUT2D eigenvalue weighted by atomic mass is 9.90. The molecule has 1 fully saturated rings. The SMILES string of the molecule is O=C1CCC2=CCCCC12. The maximum absolute atomic E-state index is 11.2. The average Bonchev–Trinajstić information content (AvgIpc) is 2.34. The Morgan fingerprint density at radius 3 is 3.10 bits per heavy atom. The van der Waals surface area contributed by atoms with Crippen LogP contribution in [0.5, 0.6) is 0 Å². The van der Waals surface area contributed by atoms with Gasteiger partial charge in [-0.3, -0.25) is 4.79 Å². The molecule has 10 heavy (non-hydrogen) atoms. The van der Waals surface area contributed by atoms with Gasteiger partial charge in [0.15, 0.2) is 0 Å². The van der Waals surface area contributed by atoms with Crippen molar-refractivity contribution in [3.05, 3.63) is 11.6 Å². The van der Waals surface area contributed by atoms with Gasteiger partial charge in [-0.05, 0) is 25.7 Å². The molecule has 2 rings (SSSR count). The molecule has 2 aliphatic rings. The van der Waals surface area contributed by atoms with Crippen LogP contribution in [-0.4, -0.2) is 5.78 Å². The first-order valence-corrected chi connectivity index (χ1v) is 4.09. The highest BCUT2D eigenvalue weighted by molar-refractivity contribution is 5.87. The molecule has 0 heterocycles. The second-order valence-corrected chi connectivity index (χ2v) is 3.23. The molecule has 0 aromatic heterocycles. The van der Waals surface area contributed by atoms with Crippen molar-refractivity contribution in [1.82, 2.24) is 0 Å². The van der Waals surface area contributed by atoms with Crippen LogP contribution in [0.2, 0.25) is 0 Å². The molecule has 0 saturated heterocycles. The quantitative estimate of drug-likeness (QED) is 0.466. The highest BCUT2D eigenvalue weighted by atomic mass is 16.1. The third-order valence-electron chi connectivity index (χ3n) is 2.60. The normalized spacial score (nSPS) is 31.8. The van der Waals surface area contributed by atoms with Gasteiger partial charge in [-0.2, -0.15) is 0 Å². The van der Waals surface area contributed by atoms with Gasteiger partial charge in [0.25, 0.3) is 0 Å². The first-order valence-electron chi connectivity index (χ1n) is 4.09. The molecule has 0 radical (unpaired) electrons. The summed E-state index contributed by atoms with van der Waals surface area (Å²) in [6.07, 6.45) is 7.71. The summed E-state index contributed by atoms with van der Waals surface area (Å²) in [6.45, 7) is 0. The minimum absolute atomic E-state index is 0.355. The van der Waals surface area contributed by atoms with E-state index in [9.17, 15) is 4.79 Å². The summed E-state index contributed by atoms with van der Waals surface area (Å²) >= 11 is 0. The molecule has 1 saturated carbocycles. The zero-order valence-electron chi connectivity index (χ0n) is 6.10. The molecule has 0 amide bonds. The topological polar surface area (TPSA) is 17.1 Å². The van der Waals surface area contributed by atoms with Crippen molar-refractivity contribution in [3.63, 3.8) is 0 Å². The molecule has 1 unspecified atom stereocenters. The smallest absolute Gasteiger partial charge is 0.140 e. The van der Waals surface area contributed by atoms with Crippen LogP contribution >= 0.6 is 0 Å². The van der Waals surface area contributed by atoms with E-state index in [0.29, 0.717) is 11.7 Å². The first-order chi connectivity index (χ1) is 4.88. The van der Waals surface area contributed by atoms with Gasteiger partial charge in [0, 0.05) is 12.3 Å². The van der Waals surface area contributed by atoms with E-state index in [1.54, 1.807) is 0 Å². The number of Topliss-reactive ketones (excluding diaryl/α,β-unsaturated/α-hetero) is 1. The van der Waals surface area contributed by atoms with Gasteiger partial charge in [0.05, 0.1) is 0 Å². The lowest BCUT2D eigenvalue weighted by Crippen LogP contribution is -2.10. The van der Waals surface area contributed by atoms with Gasteiger partial charge in [-0.25, -0.2) is 0 Å². The van der Waals surface area contributed by atoms with Crippen molar-refractivity contribution >= 4 is 5.78 Å². The zero-order chi connectivity index (χ0) is 6.97. The predicted octanol–water partition coefficient (Wildman–Crippen LogP) is 2.08. The Kier molecular flexibility index (Phi) is 1.37. The molecule has 0 spiro atoms. The van der Waals surface area contributed by atoms with Gasteiger partial charge >= 0.3 is 0 Å². The van der Waals surface area contributed by atoms with Crippen LogP contribution in [0.25, 0.3) is 0 Å². The minimum Gasteiger partial charge on any atom is -0.299 e. The van der Waals surface area contributed by atoms with Gasteiger partial charge in [-0.15, -0.1) is 0 Å². The van der Waals surface area contributed by atoms with E-state index < -0.39 is 0 Å². The van der Waals surface area contributed by atoms with Crippen LogP contribution in [0.1, 0.15) is 32.1 Å². The van der Waals surface area contributed by atoms with E-state index in [-0.39, 0.29) is 0 Å². The van der Waals surface area contributed by atoms with Crippen molar-refractivity contribution in [2.75, 3.05) is 0 Å². The molecule has 54 valence electrons. The molecule has 0 aliphatic heterocycles. The van der Waals surface area contributed by atoms with E-state index in [0.717, 1.165) is 19.3 Å². The maximum Gasteiger partial charge on any atom is 0.140 e.